The zero-order valence-electron chi connectivity index (χ0n) is 13.4. The summed E-state index contributed by atoms with van der Waals surface area (Å²) in [5.41, 5.74) is 3.92. The molecule has 2 rings (SSSR count). The summed E-state index contributed by atoms with van der Waals surface area (Å²) in [6, 6.07) is 6.30. The van der Waals surface area contributed by atoms with E-state index in [2.05, 4.69) is 4.72 Å². The molecule has 0 aliphatic rings. The van der Waals surface area contributed by atoms with E-state index in [4.69, 9.17) is 0 Å². The number of sulfonamides is 1. The molecule has 5 heteroatoms. The zero-order valence-corrected chi connectivity index (χ0v) is 14.2. The Balaban J connectivity index is 2.59. The third-order valence-electron chi connectivity index (χ3n) is 3.93. The van der Waals surface area contributed by atoms with Gasteiger partial charge in [0.2, 0.25) is 0 Å². The molecule has 0 aliphatic carbocycles. The van der Waals surface area contributed by atoms with Gasteiger partial charge >= 0.3 is 0 Å². The fraction of sp³-hybridized carbons (Fsp3) is 0.294. The van der Waals surface area contributed by atoms with Crippen LogP contribution in [-0.4, -0.2) is 8.42 Å². The maximum Gasteiger partial charge on any atom is 0.262 e. The molecule has 0 unspecified atom stereocenters. The Morgan fingerprint density at radius 1 is 0.909 bits per heavy atom. The van der Waals surface area contributed by atoms with Crippen molar-refractivity contribution in [2.24, 2.45) is 0 Å². The van der Waals surface area contributed by atoms with Crippen LogP contribution in [0, 0.1) is 40.4 Å². The maximum atomic E-state index is 13.8. The average Bonchev–Trinajstić information content (AvgIpc) is 2.40. The Kier molecular flexibility index (Phi) is 4.29. The summed E-state index contributed by atoms with van der Waals surface area (Å²) in [5.74, 6) is -0.589. The molecular weight excluding hydrogens is 301 g/mol. The molecular formula is C17H20FNO2S. The standard InChI is InChI=1S/C17H20FNO2S/c1-10-6-7-15(18)16(8-10)19-22(20,21)17-13(4)11(2)9-12(3)14(17)5/h6-9,19H,1-5H3. The van der Waals surface area contributed by atoms with Gasteiger partial charge < -0.3 is 0 Å². The lowest BCUT2D eigenvalue weighted by molar-refractivity contribution is 0.597. The van der Waals surface area contributed by atoms with E-state index in [9.17, 15) is 12.8 Å². The van der Waals surface area contributed by atoms with Crippen LogP contribution >= 0.6 is 0 Å². The third-order valence-corrected chi connectivity index (χ3v) is 5.57. The summed E-state index contributed by atoms with van der Waals surface area (Å²) >= 11 is 0. The summed E-state index contributed by atoms with van der Waals surface area (Å²) in [4.78, 5) is 0.228. The molecule has 1 N–H and O–H groups in total. The molecule has 0 saturated heterocycles. The highest BCUT2D eigenvalue weighted by Gasteiger charge is 2.23. The van der Waals surface area contributed by atoms with Crippen LogP contribution in [0.1, 0.15) is 27.8 Å². The molecule has 2 aromatic carbocycles. The topological polar surface area (TPSA) is 46.2 Å². The number of hydrogen-bond acceptors (Lipinski definition) is 2. The number of halogens is 1. The first-order chi connectivity index (χ1) is 10.1. The van der Waals surface area contributed by atoms with Crippen LogP contribution in [0.4, 0.5) is 10.1 Å². The number of nitrogens with one attached hydrogen (secondary N) is 1. The quantitative estimate of drug-likeness (QED) is 0.922. The molecule has 2 aromatic rings. The molecule has 0 radical (unpaired) electrons. The average molecular weight is 321 g/mol. The van der Waals surface area contributed by atoms with Crippen LogP contribution in [-0.2, 0) is 10.0 Å². The largest absolute Gasteiger partial charge is 0.277 e. The van der Waals surface area contributed by atoms with Gasteiger partial charge in [0.1, 0.15) is 5.82 Å². The molecule has 0 aliphatic heterocycles. The lowest BCUT2D eigenvalue weighted by Crippen LogP contribution is -2.17. The van der Waals surface area contributed by atoms with E-state index < -0.39 is 15.8 Å². The molecule has 0 aromatic heterocycles. The number of hydrogen-bond donors (Lipinski definition) is 1. The van der Waals surface area contributed by atoms with Crippen molar-refractivity contribution in [3.05, 3.63) is 57.9 Å². The van der Waals surface area contributed by atoms with Crippen molar-refractivity contribution >= 4 is 15.7 Å². The van der Waals surface area contributed by atoms with Crippen molar-refractivity contribution in [2.75, 3.05) is 4.72 Å². The number of rotatable bonds is 3. The van der Waals surface area contributed by atoms with Gasteiger partial charge in [-0.3, -0.25) is 4.72 Å². The van der Waals surface area contributed by atoms with Gasteiger partial charge in [0, 0.05) is 0 Å². The highest BCUT2D eigenvalue weighted by atomic mass is 32.2. The Morgan fingerprint density at radius 3 is 2.00 bits per heavy atom. The number of anilines is 1. The van der Waals surface area contributed by atoms with E-state index in [1.54, 1.807) is 26.8 Å². The summed E-state index contributed by atoms with van der Waals surface area (Å²) in [7, 11) is -3.85. The molecule has 0 bridgehead atoms. The molecule has 3 nitrogen and oxygen atoms in total. The zero-order chi connectivity index (χ0) is 16.7. The number of aryl methyl sites for hydroxylation is 3. The van der Waals surface area contributed by atoms with Crippen molar-refractivity contribution in [1.29, 1.82) is 0 Å². The van der Waals surface area contributed by atoms with Crippen LogP contribution in [0.2, 0.25) is 0 Å². The molecule has 0 spiro atoms. The normalized spacial score (nSPS) is 11.5. The van der Waals surface area contributed by atoms with Gasteiger partial charge in [-0.15, -0.1) is 0 Å². The Bertz CT molecular complexity index is 816. The van der Waals surface area contributed by atoms with Gasteiger partial charge in [0.15, 0.2) is 0 Å². The summed E-state index contributed by atoms with van der Waals surface area (Å²) in [6.45, 7) is 9.05. The van der Waals surface area contributed by atoms with Gasteiger partial charge in [-0.25, -0.2) is 12.8 Å². The second-order valence-electron chi connectivity index (χ2n) is 5.68. The van der Waals surface area contributed by atoms with Gasteiger partial charge in [-0.1, -0.05) is 12.1 Å². The Hall–Kier alpha value is -1.88. The monoisotopic (exact) mass is 321 g/mol. The molecule has 0 heterocycles. The lowest BCUT2D eigenvalue weighted by Gasteiger charge is -2.17. The second kappa shape index (κ2) is 5.72. The van der Waals surface area contributed by atoms with Crippen LogP contribution in [0.5, 0.6) is 0 Å². The fourth-order valence-electron chi connectivity index (χ4n) is 2.50. The predicted octanol–water partition coefficient (Wildman–Crippen LogP) is 4.17. The summed E-state index contributed by atoms with van der Waals surface area (Å²) in [5, 5.41) is 0. The molecule has 118 valence electrons. The minimum atomic E-state index is -3.85. The van der Waals surface area contributed by atoms with E-state index in [1.165, 1.54) is 12.1 Å². The van der Waals surface area contributed by atoms with Crippen LogP contribution < -0.4 is 4.72 Å². The van der Waals surface area contributed by atoms with E-state index in [-0.39, 0.29) is 10.6 Å². The second-order valence-corrected chi connectivity index (χ2v) is 7.30. The molecule has 0 saturated carbocycles. The Morgan fingerprint density at radius 2 is 1.45 bits per heavy atom. The van der Waals surface area contributed by atoms with Gasteiger partial charge in [0.25, 0.3) is 10.0 Å². The third kappa shape index (κ3) is 2.99. The summed E-state index contributed by atoms with van der Waals surface area (Å²) < 4.78 is 41.7. The molecule has 0 atom stereocenters. The minimum Gasteiger partial charge on any atom is -0.277 e. The van der Waals surface area contributed by atoms with E-state index in [1.807, 2.05) is 19.9 Å². The van der Waals surface area contributed by atoms with E-state index >= 15 is 0 Å². The summed E-state index contributed by atoms with van der Waals surface area (Å²) in [6.07, 6.45) is 0. The van der Waals surface area contributed by atoms with Crippen LogP contribution in [0.15, 0.2) is 29.2 Å². The molecule has 0 amide bonds. The lowest BCUT2D eigenvalue weighted by atomic mass is 10.0. The predicted molar refractivity (Wildman–Crippen MR) is 87.3 cm³/mol. The molecule has 22 heavy (non-hydrogen) atoms. The van der Waals surface area contributed by atoms with Crippen LogP contribution in [0.25, 0.3) is 0 Å². The maximum absolute atomic E-state index is 13.8. The van der Waals surface area contributed by atoms with E-state index in [0.717, 1.165) is 16.7 Å². The highest BCUT2D eigenvalue weighted by Crippen LogP contribution is 2.28. The minimum absolute atomic E-state index is 0.0297. The van der Waals surface area contributed by atoms with Crippen LogP contribution in [0.3, 0.4) is 0 Å². The first kappa shape index (κ1) is 16.5. The van der Waals surface area contributed by atoms with Crippen molar-refractivity contribution in [3.63, 3.8) is 0 Å². The first-order valence-electron chi connectivity index (χ1n) is 7.00. The van der Waals surface area contributed by atoms with Crippen molar-refractivity contribution in [2.45, 2.75) is 39.5 Å². The number of benzene rings is 2. The molecule has 0 fully saturated rings. The smallest absolute Gasteiger partial charge is 0.262 e. The van der Waals surface area contributed by atoms with Gasteiger partial charge in [0.05, 0.1) is 10.6 Å². The van der Waals surface area contributed by atoms with E-state index in [0.29, 0.717) is 11.1 Å². The van der Waals surface area contributed by atoms with Crippen molar-refractivity contribution in [1.82, 2.24) is 0 Å². The highest BCUT2D eigenvalue weighted by molar-refractivity contribution is 7.92. The fourth-order valence-corrected chi connectivity index (χ4v) is 4.17. The van der Waals surface area contributed by atoms with Gasteiger partial charge in [-0.05, 0) is 74.6 Å². The first-order valence-corrected chi connectivity index (χ1v) is 8.48. The Labute approximate surface area is 131 Å². The SMILES string of the molecule is Cc1ccc(F)c(NS(=O)(=O)c2c(C)c(C)cc(C)c2C)c1. The van der Waals surface area contributed by atoms with Crippen molar-refractivity contribution < 1.29 is 12.8 Å². The van der Waals surface area contributed by atoms with Gasteiger partial charge in [-0.2, -0.15) is 0 Å². The van der Waals surface area contributed by atoms with Crippen molar-refractivity contribution in [3.8, 4) is 0 Å².